The molecule has 0 unspecified atom stereocenters. The lowest BCUT2D eigenvalue weighted by Gasteiger charge is -2.33. The Balaban J connectivity index is 2.42. The van der Waals surface area contributed by atoms with E-state index in [2.05, 4.69) is 5.32 Å². The van der Waals surface area contributed by atoms with Crippen molar-refractivity contribution in [3.63, 3.8) is 0 Å². The molecule has 0 heterocycles. The molecule has 0 bridgehead atoms. The smallest absolute Gasteiger partial charge is 0.244 e. The topological polar surface area (TPSA) is 96.0 Å². The standard InChI is InChI=1S/C25H34ClN3O5S/c1-6-22(25(31)27-15-18(2)3)28(16-19-11-13-20(34-4)14-12-19)24(30)17-29(35(5,32)33)23-10-8-7-9-21(23)26/h7-14,18,22H,6,15-17H2,1-5H3,(H,27,31)/t22-/m0/s1. The second-order valence-electron chi connectivity index (χ2n) is 8.65. The van der Waals surface area contributed by atoms with Gasteiger partial charge in [-0.05, 0) is 42.2 Å². The monoisotopic (exact) mass is 523 g/mol. The Morgan fingerprint density at radius 3 is 2.23 bits per heavy atom. The minimum Gasteiger partial charge on any atom is -0.497 e. The van der Waals surface area contributed by atoms with E-state index in [0.29, 0.717) is 18.7 Å². The highest BCUT2D eigenvalue weighted by molar-refractivity contribution is 7.92. The van der Waals surface area contributed by atoms with Crippen LogP contribution in [0.4, 0.5) is 5.69 Å². The fraction of sp³-hybridized carbons (Fsp3) is 0.440. The zero-order valence-electron chi connectivity index (χ0n) is 20.8. The molecular weight excluding hydrogens is 490 g/mol. The summed E-state index contributed by atoms with van der Waals surface area (Å²) in [4.78, 5) is 28.1. The molecule has 2 amide bonds. The number of nitrogens with zero attached hydrogens (tertiary/aromatic N) is 2. The van der Waals surface area contributed by atoms with Crippen LogP contribution in [0.2, 0.25) is 5.02 Å². The molecule has 0 saturated heterocycles. The Hall–Kier alpha value is -2.78. The van der Waals surface area contributed by atoms with E-state index < -0.39 is 28.5 Å². The van der Waals surface area contributed by atoms with Crippen molar-refractivity contribution in [3.05, 3.63) is 59.1 Å². The van der Waals surface area contributed by atoms with Gasteiger partial charge in [-0.2, -0.15) is 0 Å². The maximum atomic E-state index is 13.6. The molecule has 0 fully saturated rings. The first-order valence-electron chi connectivity index (χ1n) is 11.4. The molecular formula is C25H34ClN3O5S. The average Bonchev–Trinajstić information content (AvgIpc) is 2.81. The predicted molar refractivity (Wildman–Crippen MR) is 139 cm³/mol. The van der Waals surface area contributed by atoms with E-state index in [9.17, 15) is 18.0 Å². The van der Waals surface area contributed by atoms with Gasteiger partial charge in [-0.15, -0.1) is 0 Å². The highest BCUT2D eigenvalue weighted by atomic mass is 35.5. The van der Waals surface area contributed by atoms with E-state index in [1.54, 1.807) is 49.6 Å². The van der Waals surface area contributed by atoms with Crippen LogP contribution in [0.5, 0.6) is 5.75 Å². The molecule has 0 aliphatic rings. The highest BCUT2D eigenvalue weighted by Gasteiger charge is 2.32. The lowest BCUT2D eigenvalue weighted by molar-refractivity contribution is -0.140. The second-order valence-corrected chi connectivity index (χ2v) is 11.0. The zero-order valence-corrected chi connectivity index (χ0v) is 22.4. The van der Waals surface area contributed by atoms with Gasteiger partial charge >= 0.3 is 0 Å². The van der Waals surface area contributed by atoms with Crippen molar-refractivity contribution in [1.82, 2.24) is 10.2 Å². The van der Waals surface area contributed by atoms with Crippen molar-refractivity contribution in [2.75, 3.05) is 30.8 Å². The number of hydrogen-bond acceptors (Lipinski definition) is 5. The number of halogens is 1. The summed E-state index contributed by atoms with van der Waals surface area (Å²) in [6, 6.07) is 12.8. The minimum atomic E-state index is -3.84. The van der Waals surface area contributed by atoms with E-state index >= 15 is 0 Å². The van der Waals surface area contributed by atoms with Crippen molar-refractivity contribution in [2.24, 2.45) is 5.92 Å². The maximum Gasteiger partial charge on any atom is 0.244 e. The minimum absolute atomic E-state index is 0.122. The van der Waals surface area contributed by atoms with Crippen LogP contribution in [-0.4, -0.2) is 57.6 Å². The van der Waals surface area contributed by atoms with Crippen LogP contribution in [0.3, 0.4) is 0 Å². The molecule has 1 N–H and O–H groups in total. The van der Waals surface area contributed by atoms with Crippen molar-refractivity contribution < 1.29 is 22.7 Å². The molecule has 1 atom stereocenters. The Morgan fingerprint density at radius 1 is 1.09 bits per heavy atom. The lowest BCUT2D eigenvalue weighted by Crippen LogP contribution is -2.52. The van der Waals surface area contributed by atoms with Crippen LogP contribution in [0.1, 0.15) is 32.8 Å². The average molecular weight is 524 g/mol. The number of amides is 2. The number of carbonyl (C=O) groups excluding carboxylic acids is 2. The summed E-state index contributed by atoms with van der Waals surface area (Å²) in [6.45, 7) is 5.87. The first kappa shape index (κ1) is 28.5. The Bertz CT molecular complexity index is 1110. The van der Waals surface area contributed by atoms with E-state index in [0.717, 1.165) is 16.1 Å². The quantitative estimate of drug-likeness (QED) is 0.457. The third kappa shape index (κ3) is 8.14. The number of hydrogen-bond donors (Lipinski definition) is 1. The van der Waals surface area contributed by atoms with Gasteiger partial charge in [0.15, 0.2) is 0 Å². The molecule has 8 nitrogen and oxygen atoms in total. The van der Waals surface area contributed by atoms with Crippen molar-refractivity contribution in [2.45, 2.75) is 39.8 Å². The fourth-order valence-corrected chi connectivity index (χ4v) is 4.67. The summed E-state index contributed by atoms with van der Waals surface area (Å²) in [7, 11) is -2.28. The SMILES string of the molecule is CC[C@@H](C(=O)NCC(C)C)N(Cc1ccc(OC)cc1)C(=O)CN(c1ccccc1Cl)S(C)(=O)=O. The summed E-state index contributed by atoms with van der Waals surface area (Å²) in [6.07, 6.45) is 1.38. The molecule has 2 aromatic carbocycles. The molecule has 0 aromatic heterocycles. The van der Waals surface area contributed by atoms with Gasteiger partial charge in [0.25, 0.3) is 0 Å². The van der Waals surface area contributed by atoms with Crippen LogP contribution in [0.15, 0.2) is 48.5 Å². The third-order valence-corrected chi connectivity index (χ3v) is 6.83. The van der Waals surface area contributed by atoms with Crippen molar-refractivity contribution in [3.8, 4) is 5.75 Å². The van der Waals surface area contributed by atoms with Crippen LogP contribution >= 0.6 is 11.6 Å². The van der Waals surface area contributed by atoms with Crippen LogP contribution in [-0.2, 0) is 26.2 Å². The molecule has 2 aromatic rings. The molecule has 0 radical (unpaired) electrons. The summed E-state index contributed by atoms with van der Waals surface area (Å²) in [5, 5.41) is 3.09. The number of carbonyl (C=O) groups is 2. The first-order valence-corrected chi connectivity index (χ1v) is 13.6. The summed E-state index contributed by atoms with van der Waals surface area (Å²) < 4.78 is 31.4. The molecule has 0 saturated carbocycles. The van der Waals surface area contributed by atoms with Gasteiger partial charge in [0.2, 0.25) is 21.8 Å². The molecule has 192 valence electrons. The molecule has 35 heavy (non-hydrogen) atoms. The number of methoxy groups -OCH3 is 1. The lowest BCUT2D eigenvalue weighted by atomic mass is 10.1. The predicted octanol–water partition coefficient (Wildman–Crippen LogP) is 3.69. The molecule has 2 rings (SSSR count). The number of ether oxygens (including phenoxy) is 1. The number of rotatable bonds is 12. The van der Waals surface area contributed by atoms with Gasteiger partial charge < -0.3 is 15.0 Å². The maximum absolute atomic E-state index is 13.6. The zero-order chi connectivity index (χ0) is 26.2. The summed E-state index contributed by atoms with van der Waals surface area (Å²) >= 11 is 6.25. The molecule has 0 spiro atoms. The van der Waals surface area contributed by atoms with Gasteiger partial charge in [-0.3, -0.25) is 13.9 Å². The highest BCUT2D eigenvalue weighted by Crippen LogP contribution is 2.27. The Labute approximate surface area is 213 Å². The summed E-state index contributed by atoms with van der Waals surface area (Å²) in [5.41, 5.74) is 0.977. The molecule has 10 heteroatoms. The van der Waals surface area contributed by atoms with Gasteiger partial charge in [-0.25, -0.2) is 8.42 Å². The number of anilines is 1. The van der Waals surface area contributed by atoms with Crippen LogP contribution in [0, 0.1) is 5.92 Å². The third-order valence-electron chi connectivity index (χ3n) is 5.38. The van der Waals surface area contributed by atoms with Gasteiger partial charge in [-0.1, -0.05) is 56.6 Å². The fourth-order valence-electron chi connectivity index (χ4n) is 3.52. The van der Waals surface area contributed by atoms with Gasteiger partial charge in [0.1, 0.15) is 18.3 Å². The van der Waals surface area contributed by atoms with E-state index in [1.165, 1.54) is 11.0 Å². The van der Waals surface area contributed by atoms with E-state index in [4.69, 9.17) is 16.3 Å². The molecule has 0 aliphatic heterocycles. The number of benzene rings is 2. The number of sulfonamides is 1. The Morgan fingerprint density at radius 2 is 1.71 bits per heavy atom. The van der Waals surface area contributed by atoms with E-state index in [-0.39, 0.29) is 29.1 Å². The number of nitrogens with one attached hydrogen (secondary N) is 1. The van der Waals surface area contributed by atoms with Crippen molar-refractivity contribution >= 4 is 39.1 Å². The molecule has 0 aliphatic carbocycles. The Kier molecular flexibility index (Phi) is 10.4. The van der Waals surface area contributed by atoms with Crippen LogP contribution < -0.4 is 14.4 Å². The number of para-hydroxylation sites is 1. The van der Waals surface area contributed by atoms with Gasteiger partial charge in [0, 0.05) is 13.1 Å². The summed E-state index contributed by atoms with van der Waals surface area (Å²) in [5.74, 6) is 0.0999. The van der Waals surface area contributed by atoms with Crippen molar-refractivity contribution in [1.29, 1.82) is 0 Å². The normalized spacial score (nSPS) is 12.2. The first-order chi connectivity index (χ1) is 16.5. The van der Waals surface area contributed by atoms with E-state index in [1.807, 2.05) is 20.8 Å². The largest absolute Gasteiger partial charge is 0.497 e. The van der Waals surface area contributed by atoms with Gasteiger partial charge in [0.05, 0.1) is 24.1 Å². The van der Waals surface area contributed by atoms with Crippen LogP contribution in [0.25, 0.3) is 0 Å². The second kappa shape index (κ2) is 12.8.